The Kier molecular flexibility index (Phi) is 5.70. The summed E-state index contributed by atoms with van der Waals surface area (Å²) in [5, 5.41) is 3.29. The highest BCUT2D eigenvalue weighted by molar-refractivity contribution is 5.78. The van der Waals surface area contributed by atoms with Crippen LogP contribution in [0.5, 0.6) is 0 Å². The molecule has 5 heteroatoms. The summed E-state index contributed by atoms with van der Waals surface area (Å²) in [4.78, 5) is 14.4. The van der Waals surface area contributed by atoms with Crippen LogP contribution in [0.2, 0.25) is 0 Å². The minimum atomic E-state index is -0.662. The van der Waals surface area contributed by atoms with Gasteiger partial charge in [0.15, 0.2) is 0 Å². The third-order valence-electron chi connectivity index (χ3n) is 3.70. The number of halogens is 1. The number of nitrogens with zero attached hydrogens (tertiary/aromatic N) is 1. The molecule has 1 unspecified atom stereocenters. The van der Waals surface area contributed by atoms with Gasteiger partial charge in [-0.05, 0) is 32.9 Å². The van der Waals surface area contributed by atoms with Gasteiger partial charge in [0.05, 0.1) is 6.61 Å². The van der Waals surface area contributed by atoms with Gasteiger partial charge in [-0.3, -0.25) is 4.90 Å². The molecule has 1 aliphatic rings. The predicted octanol–water partition coefficient (Wildman–Crippen LogP) is 2.03. The van der Waals surface area contributed by atoms with Gasteiger partial charge < -0.3 is 10.1 Å². The number of hydrogen-bond donors (Lipinski definition) is 1. The van der Waals surface area contributed by atoms with Gasteiger partial charge in [0, 0.05) is 25.2 Å². The van der Waals surface area contributed by atoms with Crippen LogP contribution < -0.4 is 5.32 Å². The number of aryl methyl sites for hydroxylation is 1. The molecule has 0 bridgehead atoms. The molecule has 1 aromatic rings. The topological polar surface area (TPSA) is 41.6 Å². The van der Waals surface area contributed by atoms with Gasteiger partial charge in [0.2, 0.25) is 0 Å². The van der Waals surface area contributed by atoms with E-state index in [2.05, 4.69) is 5.32 Å². The van der Waals surface area contributed by atoms with Crippen LogP contribution in [0.3, 0.4) is 0 Å². The van der Waals surface area contributed by atoms with Crippen molar-refractivity contribution < 1.29 is 13.9 Å². The van der Waals surface area contributed by atoms with E-state index >= 15 is 0 Å². The third-order valence-corrected chi connectivity index (χ3v) is 3.70. The van der Waals surface area contributed by atoms with Gasteiger partial charge in [0.1, 0.15) is 11.9 Å². The molecule has 0 aliphatic carbocycles. The van der Waals surface area contributed by atoms with Crippen molar-refractivity contribution in [2.75, 3.05) is 32.8 Å². The van der Waals surface area contributed by atoms with Crippen molar-refractivity contribution in [3.05, 3.63) is 35.1 Å². The number of nitrogens with one attached hydrogen (secondary N) is 1. The lowest BCUT2D eigenvalue weighted by Crippen LogP contribution is -2.38. The maximum absolute atomic E-state index is 14.2. The summed E-state index contributed by atoms with van der Waals surface area (Å²) in [6.07, 6.45) is 0.934. The minimum Gasteiger partial charge on any atom is -0.465 e. The molecule has 0 amide bonds. The third kappa shape index (κ3) is 4.02. The first-order chi connectivity index (χ1) is 10.1. The van der Waals surface area contributed by atoms with Crippen LogP contribution in [-0.4, -0.2) is 43.7 Å². The van der Waals surface area contributed by atoms with Crippen LogP contribution >= 0.6 is 0 Å². The Hall–Kier alpha value is -1.46. The molecule has 1 fully saturated rings. The SMILES string of the molecule is CCOC(=O)C(c1cc(C)ccc1F)N1CCCNCC1. The molecule has 1 aliphatic heterocycles. The summed E-state index contributed by atoms with van der Waals surface area (Å²) < 4.78 is 19.4. The molecule has 0 radical (unpaired) electrons. The van der Waals surface area contributed by atoms with Crippen molar-refractivity contribution in [3.63, 3.8) is 0 Å². The van der Waals surface area contributed by atoms with E-state index in [1.165, 1.54) is 6.07 Å². The molecule has 0 spiro atoms. The first-order valence-electron chi connectivity index (χ1n) is 7.51. The van der Waals surface area contributed by atoms with Gasteiger partial charge in [-0.15, -0.1) is 0 Å². The van der Waals surface area contributed by atoms with E-state index in [0.717, 1.165) is 31.6 Å². The highest BCUT2D eigenvalue weighted by Gasteiger charge is 2.31. The number of hydrogen-bond acceptors (Lipinski definition) is 4. The molecule has 2 rings (SSSR count). The van der Waals surface area contributed by atoms with Crippen LogP contribution in [0.15, 0.2) is 18.2 Å². The fourth-order valence-electron chi connectivity index (χ4n) is 2.69. The number of rotatable bonds is 4. The van der Waals surface area contributed by atoms with Crippen LogP contribution in [0.1, 0.15) is 30.5 Å². The summed E-state index contributed by atoms with van der Waals surface area (Å²) in [7, 11) is 0. The van der Waals surface area contributed by atoms with Crippen LogP contribution in [0, 0.1) is 12.7 Å². The molecule has 1 atom stereocenters. The Balaban J connectivity index is 2.34. The number of ether oxygens (including phenoxy) is 1. The first-order valence-corrected chi connectivity index (χ1v) is 7.51. The first kappa shape index (κ1) is 15.9. The normalized spacial score (nSPS) is 18.0. The smallest absolute Gasteiger partial charge is 0.328 e. The molecule has 1 heterocycles. The average Bonchev–Trinajstić information content (AvgIpc) is 2.72. The van der Waals surface area contributed by atoms with Crippen LogP contribution in [0.4, 0.5) is 4.39 Å². The molecule has 4 nitrogen and oxygen atoms in total. The Morgan fingerprint density at radius 3 is 3.00 bits per heavy atom. The molecule has 0 aromatic heterocycles. The summed E-state index contributed by atoms with van der Waals surface area (Å²) in [5.74, 6) is -0.722. The van der Waals surface area contributed by atoms with Gasteiger partial charge >= 0.3 is 5.97 Å². The highest BCUT2D eigenvalue weighted by atomic mass is 19.1. The second-order valence-corrected chi connectivity index (χ2v) is 5.32. The molecule has 1 saturated heterocycles. The van der Waals surface area contributed by atoms with E-state index in [9.17, 15) is 9.18 Å². The maximum Gasteiger partial charge on any atom is 0.328 e. The van der Waals surface area contributed by atoms with Gasteiger partial charge in [0.25, 0.3) is 0 Å². The minimum absolute atomic E-state index is 0.300. The van der Waals surface area contributed by atoms with Gasteiger partial charge in [-0.2, -0.15) is 0 Å². The quantitative estimate of drug-likeness (QED) is 0.863. The van der Waals surface area contributed by atoms with Gasteiger partial charge in [-0.25, -0.2) is 9.18 Å². The van der Waals surface area contributed by atoms with Gasteiger partial charge in [-0.1, -0.05) is 17.7 Å². The number of carbonyl (C=O) groups is 1. The Bertz CT molecular complexity index is 485. The number of esters is 1. The van der Waals surface area contributed by atoms with E-state index in [-0.39, 0.29) is 11.8 Å². The summed E-state index contributed by atoms with van der Waals surface area (Å²) >= 11 is 0. The van der Waals surface area contributed by atoms with Crippen molar-refractivity contribution in [1.29, 1.82) is 0 Å². The summed E-state index contributed by atoms with van der Waals surface area (Å²) in [5.41, 5.74) is 1.35. The van der Waals surface area contributed by atoms with E-state index in [0.29, 0.717) is 18.7 Å². The highest BCUT2D eigenvalue weighted by Crippen LogP contribution is 2.26. The lowest BCUT2D eigenvalue weighted by atomic mass is 10.0. The van der Waals surface area contributed by atoms with Crippen molar-refractivity contribution in [1.82, 2.24) is 10.2 Å². The molecule has 1 aromatic carbocycles. The predicted molar refractivity (Wildman–Crippen MR) is 79.6 cm³/mol. The number of carbonyl (C=O) groups excluding carboxylic acids is 1. The second kappa shape index (κ2) is 7.52. The zero-order chi connectivity index (χ0) is 15.2. The Morgan fingerprint density at radius 2 is 2.24 bits per heavy atom. The van der Waals surface area contributed by atoms with E-state index in [1.807, 2.05) is 11.8 Å². The monoisotopic (exact) mass is 294 g/mol. The van der Waals surface area contributed by atoms with E-state index in [4.69, 9.17) is 4.74 Å². The van der Waals surface area contributed by atoms with Crippen molar-refractivity contribution in [2.45, 2.75) is 26.3 Å². The van der Waals surface area contributed by atoms with E-state index < -0.39 is 6.04 Å². The zero-order valence-electron chi connectivity index (χ0n) is 12.7. The summed E-state index contributed by atoms with van der Waals surface area (Å²) in [6.45, 7) is 7.14. The average molecular weight is 294 g/mol. The molecular formula is C16H23FN2O2. The second-order valence-electron chi connectivity index (χ2n) is 5.32. The van der Waals surface area contributed by atoms with Crippen molar-refractivity contribution in [3.8, 4) is 0 Å². The fourth-order valence-corrected chi connectivity index (χ4v) is 2.69. The standard InChI is InChI=1S/C16H23FN2O2/c1-3-21-16(20)15(19-9-4-7-18-8-10-19)13-11-12(2)5-6-14(13)17/h5-6,11,15,18H,3-4,7-10H2,1-2H3. The lowest BCUT2D eigenvalue weighted by Gasteiger charge is -2.29. The zero-order valence-corrected chi connectivity index (χ0v) is 12.7. The van der Waals surface area contributed by atoms with Crippen LogP contribution in [0.25, 0.3) is 0 Å². The summed E-state index contributed by atoms with van der Waals surface area (Å²) in [6, 6.07) is 4.22. The van der Waals surface area contributed by atoms with E-state index in [1.54, 1.807) is 19.1 Å². The number of benzene rings is 1. The Morgan fingerprint density at radius 1 is 1.43 bits per heavy atom. The lowest BCUT2D eigenvalue weighted by molar-refractivity contribution is -0.150. The maximum atomic E-state index is 14.2. The van der Waals surface area contributed by atoms with Crippen molar-refractivity contribution >= 4 is 5.97 Å². The molecule has 21 heavy (non-hydrogen) atoms. The largest absolute Gasteiger partial charge is 0.465 e. The van der Waals surface area contributed by atoms with Crippen LogP contribution in [-0.2, 0) is 9.53 Å². The Labute approximate surface area is 125 Å². The molecular weight excluding hydrogens is 271 g/mol. The molecule has 1 N–H and O–H groups in total. The molecule has 116 valence electrons. The van der Waals surface area contributed by atoms with Crippen molar-refractivity contribution in [2.24, 2.45) is 0 Å². The fraction of sp³-hybridized carbons (Fsp3) is 0.562. The molecule has 0 saturated carbocycles.